The molecule has 0 aliphatic heterocycles. The fourth-order valence-electron chi connectivity index (χ4n) is 2.14. The Morgan fingerprint density at radius 3 is 2.94 bits per heavy atom. The number of amides is 1. The molecule has 1 fully saturated rings. The molecular formula is C14H18ClNO2. The molecule has 0 heterocycles. The molecule has 2 rings (SSSR count). The Kier molecular flexibility index (Phi) is 4.25. The number of carbonyl (C=O) groups excluding carboxylic acids is 1. The zero-order valence-electron chi connectivity index (χ0n) is 10.4. The molecule has 98 valence electrons. The van der Waals surface area contributed by atoms with Crippen LogP contribution in [0.1, 0.15) is 31.2 Å². The van der Waals surface area contributed by atoms with Gasteiger partial charge in [-0.25, -0.2) is 0 Å². The maximum Gasteiger partial charge on any atom is 0.223 e. The highest BCUT2D eigenvalue weighted by atomic mass is 35.5. The van der Waals surface area contributed by atoms with Crippen LogP contribution in [-0.4, -0.2) is 23.7 Å². The Morgan fingerprint density at radius 1 is 1.56 bits per heavy atom. The molecule has 1 aliphatic rings. The molecule has 1 aliphatic carbocycles. The fourth-order valence-corrected chi connectivity index (χ4v) is 2.42. The number of hydrogen-bond acceptors (Lipinski definition) is 2. The van der Waals surface area contributed by atoms with Crippen LogP contribution >= 0.6 is 11.6 Å². The summed E-state index contributed by atoms with van der Waals surface area (Å²) in [5.74, 6) is 0.365. The largest absolute Gasteiger partial charge is 0.393 e. The van der Waals surface area contributed by atoms with Crippen molar-refractivity contribution >= 4 is 17.5 Å². The highest BCUT2D eigenvalue weighted by Crippen LogP contribution is 2.49. The highest BCUT2D eigenvalue weighted by molar-refractivity contribution is 6.31. The molecule has 4 heteroatoms. The van der Waals surface area contributed by atoms with E-state index in [4.69, 9.17) is 16.7 Å². The van der Waals surface area contributed by atoms with E-state index in [0.717, 1.165) is 17.0 Å². The molecule has 1 amide bonds. The molecule has 0 bridgehead atoms. The van der Waals surface area contributed by atoms with E-state index in [1.54, 1.807) is 6.92 Å². The summed E-state index contributed by atoms with van der Waals surface area (Å²) in [6, 6.07) is 7.68. The van der Waals surface area contributed by atoms with Crippen molar-refractivity contribution in [2.75, 3.05) is 6.54 Å². The Balaban J connectivity index is 1.84. The predicted octanol–water partition coefficient (Wildman–Crippen LogP) is 2.33. The lowest BCUT2D eigenvalue weighted by molar-refractivity contribution is -0.122. The average Bonchev–Trinajstić information content (AvgIpc) is 3.09. The van der Waals surface area contributed by atoms with Crippen LogP contribution in [0.3, 0.4) is 0 Å². The first kappa shape index (κ1) is 13.4. The van der Waals surface area contributed by atoms with Crippen LogP contribution in [-0.2, 0) is 4.79 Å². The fraction of sp³-hybridized carbons (Fsp3) is 0.500. The first-order valence-corrected chi connectivity index (χ1v) is 6.67. The smallest absolute Gasteiger partial charge is 0.223 e. The summed E-state index contributed by atoms with van der Waals surface area (Å²) in [5, 5.41) is 12.7. The Labute approximate surface area is 112 Å². The molecule has 3 unspecified atom stereocenters. The van der Waals surface area contributed by atoms with Gasteiger partial charge in [-0.05, 0) is 37.3 Å². The van der Waals surface area contributed by atoms with Crippen LogP contribution in [0.2, 0.25) is 5.02 Å². The molecule has 1 aromatic rings. The van der Waals surface area contributed by atoms with Gasteiger partial charge in [-0.1, -0.05) is 29.8 Å². The van der Waals surface area contributed by atoms with E-state index in [0.29, 0.717) is 13.0 Å². The summed E-state index contributed by atoms with van der Waals surface area (Å²) in [4.78, 5) is 11.8. The van der Waals surface area contributed by atoms with Crippen LogP contribution in [0.5, 0.6) is 0 Å². The van der Waals surface area contributed by atoms with Gasteiger partial charge in [0.05, 0.1) is 6.10 Å². The maximum atomic E-state index is 11.8. The van der Waals surface area contributed by atoms with Crippen molar-refractivity contribution in [2.45, 2.75) is 31.8 Å². The molecule has 18 heavy (non-hydrogen) atoms. The molecule has 0 spiro atoms. The number of carbonyl (C=O) groups is 1. The quantitative estimate of drug-likeness (QED) is 0.860. The second-order valence-electron chi connectivity index (χ2n) is 4.90. The van der Waals surface area contributed by atoms with E-state index in [9.17, 15) is 4.79 Å². The average molecular weight is 268 g/mol. The van der Waals surface area contributed by atoms with Gasteiger partial charge in [-0.2, -0.15) is 0 Å². The van der Waals surface area contributed by atoms with E-state index in [-0.39, 0.29) is 23.8 Å². The monoisotopic (exact) mass is 267 g/mol. The third-order valence-corrected chi connectivity index (χ3v) is 3.64. The normalized spacial score (nSPS) is 23.5. The molecule has 3 atom stereocenters. The molecule has 0 radical (unpaired) electrons. The molecule has 0 saturated heterocycles. The van der Waals surface area contributed by atoms with E-state index < -0.39 is 0 Å². The molecule has 0 aromatic heterocycles. The van der Waals surface area contributed by atoms with Gasteiger partial charge in [0.15, 0.2) is 0 Å². The number of aliphatic hydroxyl groups is 1. The molecular weight excluding hydrogens is 250 g/mol. The zero-order valence-corrected chi connectivity index (χ0v) is 11.2. The van der Waals surface area contributed by atoms with Crippen molar-refractivity contribution in [1.82, 2.24) is 5.32 Å². The second kappa shape index (κ2) is 5.72. The first-order valence-electron chi connectivity index (χ1n) is 6.29. The predicted molar refractivity (Wildman–Crippen MR) is 71.6 cm³/mol. The van der Waals surface area contributed by atoms with E-state index in [2.05, 4.69) is 5.32 Å². The van der Waals surface area contributed by atoms with Gasteiger partial charge >= 0.3 is 0 Å². The molecule has 1 saturated carbocycles. The number of rotatable bonds is 5. The first-order chi connectivity index (χ1) is 8.59. The molecule has 1 aromatic carbocycles. The van der Waals surface area contributed by atoms with Crippen LogP contribution in [0, 0.1) is 5.92 Å². The van der Waals surface area contributed by atoms with Gasteiger partial charge in [0.2, 0.25) is 5.91 Å². The Hall–Kier alpha value is -1.06. The van der Waals surface area contributed by atoms with Gasteiger partial charge in [0.25, 0.3) is 0 Å². The summed E-state index contributed by atoms with van der Waals surface area (Å²) >= 11 is 6.11. The minimum Gasteiger partial charge on any atom is -0.393 e. The lowest BCUT2D eigenvalue weighted by Gasteiger charge is -2.07. The van der Waals surface area contributed by atoms with Gasteiger partial charge in [0, 0.05) is 17.5 Å². The summed E-state index contributed by atoms with van der Waals surface area (Å²) in [6.45, 7) is 2.25. The summed E-state index contributed by atoms with van der Waals surface area (Å²) in [6.07, 6.45) is 1.09. The molecule has 3 nitrogen and oxygen atoms in total. The lowest BCUT2D eigenvalue weighted by atomic mass is 10.1. The number of hydrogen-bond donors (Lipinski definition) is 2. The van der Waals surface area contributed by atoms with Crippen LogP contribution in [0.4, 0.5) is 0 Å². The standard InChI is InChI=1S/C14H18ClNO2/c1-9(17)6-7-16-14(18)12-8-11(12)10-4-2-3-5-13(10)15/h2-5,9,11-12,17H,6-8H2,1H3,(H,16,18). The number of nitrogens with one attached hydrogen (secondary N) is 1. The van der Waals surface area contributed by atoms with Gasteiger partial charge < -0.3 is 10.4 Å². The number of aliphatic hydroxyl groups excluding tert-OH is 1. The van der Waals surface area contributed by atoms with Crippen molar-refractivity contribution in [3.63, 3.8) is 0 Å². The Morgan fingerprint density at radius 2 is 2.28 bits per heavy atom. The summed E-state index contributed by atoms with van der Waals surface area (Å²) in [5.41, 5.74) is 1.06. The topological polar surface area (TPSA) is 49.3 Å². The minimum absolute atomic E-state index is 0.0406. The van der Waals surface area contributed by atoms with Crippen LogP contribution < -0.4 is 5.32 Å². The van der Waals surface area contributed by atoms with Gasteiger partial charge in [-0.15, -0.1) is 0 Å². The third-order valence-electron chi connectivity index (χ3n) is 3.29. The van der Waals surface area contributed by atoms with Crippen LogP contribution in [0.25, 0.3) is 0 Å². The second-order valence-corrected chi connectivity index (χ2v) is 5.31. The van der Waals surface area contributed by atoms with Crippen molar-refractivity contribution in [3.05, 3.63) is 34.9 Å². The van der Waals surface area contributed by atoms with Crippen molar-refractivity contribution in [1.29, 1.82) is 0 Å². The Bertz CT molecular complexity index is 434. The number of halogens is 1. The van der Waals surface area contributed by atoms with E-state index in [1.165, 1.54) is 0 Å². The summed E-state index contributed by atoms with van der Waals surface area (Å²) in [7, 11) is 0. The van der Waals surface area contributed by atoms with E-state index in [1.807, 2.05) is 24.3 Å². The van der Waals surface area contributed by atoms with E-state index >= 15 is 0 Å². The maximum absolute atomic E-state index is 11.8. The van der Waals surface area contributed by atoms with Crippen molar-refractivity contribution in [2.24, 2.45) is 5.92 Å². The molecule has 2 N–H and O–H groups in total. The van der Waals surface area contributed by atoms with Gasteiger partial charge in [-0.3, -0.25) is 4.79 Å². The number of benzene rings is 1. The van der Waals surface area contributed by atoms with Gasteiger partial charge in [0.1, 0.15) is 0 Å². The highest BCUT2D eigenvalue weighted by Gasteiger charge is 2.44. The van der Waals surface area contributed by atoms with Crippen molar-refractivity contribution < 1.29 is 9.90 Å². The minimum atomic E-state index is -0.371. The lowest BCUT2D eigenvalue weighted by Crippen LogP contribution is -2.28. The van der Waals surface area contributed by atoms with Crippen LogP contribution in [0.15, 0.2) is 24.3 Å². The third kappa shape index (κ3) is 3.24. The summed E-state index contributed by atoms with van der Waals surface area (Å²) < 4.78 is 0. The zero-order chi connectivity index (χ0) is 13.1. The SMILES string of the molecule is CC(O)CCNC(=O)C1CC1c1ccccc1Cl. The van der Waals surface area contributed by atoms with Crippen molar-refractivity contribution in [3.8, 4) is 0 Å².